The van der Waals surface area contributed by atoms with Crippen LogP contribution in [0.4, 0.5) is 0 Å². The number of fused-ring (bicyclic) bond motifs is 1. The van der Waals surface area contributed by atoms with Gasteiger partial charge in [-0.3, -0.25) is 9.59 Å². The predicted octanol–water partition coefficient (Wildman–Crippen LogP) is 1.90. The minimum Gasteiger partial charge on any atom is -0.480 e. The summed E-state index contributed by atoms with van der Waals surface area (Å²) in [4.78, 5) is 25.7. The smallest absolute Gasteiger partial charge is 0.264 e. The average molecular weight is 323 g/mol. The molecule has 1 atom stereocenters. The van der Waals surface area contributed by atoms with Crippen molar-refractivity contribution in [3.63, 3.8) is 0 Å². The van der Waals surface area contributed by atoms with Crippen LogP contribution in [0.2, 0.25) is 5.02 Å². The van der Waals surface area contributed by atoms with Crippen molar-refractivity contribution in [2.75, 3.05) is 6.54 Å². The first-order valence-electron chi connectivity index (χ1n) is 7.58. The predicted molar refractivity (Wildman–Crippen MR) is 82.7 cm³/mol. The molecule has 0 spiro atoms. The number of ether oxygens (including phenoxy) is 1. The van der Waals surface area contributed by atoms with Crippen molar-refractivity contribution in [1.29, 1.82) is 0 Å². The molecule has 0 unspecified atom stereocenters. The van der Waals surface area contributed by atoms with E-state index in [1.165, 1.54) is 0 Å². The van der Waals surface area contributed by atoms with Crippen molar-refractivity contribution < 1.29 is 14.3 Å². The van der Waals surface area contributed by atoms with Gasteiger partial charge in [0.2, 0.25) is 5.91 Å². The largest absolute Gasteiger partial charge is 0.480 e. The van der Waals surface area contributed by atoms with Crippen LogP contribution in [0, 0.1) is 0 Å². The molecule has 1 aromatic rings. The molecule has 0 radical (unpaired) electrons. The Balaban J connectivity index is 1.75. The van der Waals surface area contributed by atoms with Gasteiger partial charge in [0.1, 0.15) is 5.75 Å². The highest BCUT2D eigenvalue weighted by molar-refractivity contribution is 6.30. The molecule has 118 valence electrons. The third-order valence-electron chi connectivity index (χ3n) is 4.35. The zero-order chi connectivity index (χ0) is 15.7. The second kappa shape index (κ2) is 6.16. The van der Waals surface area contributed by atoms with Crippen molar-refractivity contribution in [2.24, 2.45) is 5.73 Å². The van der Waals surface area contributed by atoms with Crippen LogP contribution >= 0.6 is 11.6 Å². The maximum absolute atomic E-state index is 12.8. The number of carbonyl (C=O) groups excluding carboxylic acids is 2. The van der Waals surface area contributed by atoms with Crippen LogP contribution in [0.25, 0.3) is 0 Å². The molecule has 6 heteroatoms. The van der Waals surface area contributed by atoms with Gasteiger partial charge in [-0.2, -0.15) is 0 Å². The molecule has 2 aliphatic rings. The van der Waals surface area contributed by atoms with Crippen molar-refractivity contribution in [3.8, 4) is 5.75 Å². The maximum atomic E-state index is 12.8. The zero-order valence-corrected chi connectivity index (χ0v) is 13.0. The number of halogens is 1. The number of benzene rings is 1. The SMILES string of the molecule is NC(=O)CN(C(=O)[C@@H]1Cc2cc(Cl)ccc2O1)C1CCCC1. The van der Waals surface area contributed by atoms with E-state index in [0.29, 0.717) is 17.2 Å². The lowest BCUT2D eigenvalue weighted by Gasteiger charge is -2.29. The van der Waals surface area contributed by atoms with Gasteiger partial charge in [-0.15, -0.1) is 0 Å². The summed E-state index contributed by atoms with van der Waals surface area (Å²) in [5, 5.41) is 0.625. The topological polar surface area (TPSA) is 72.6 Å². The van der Waals surface area contributed by atoms with E-state index in [9.17, 15) is 9.59 Å². The first-order chi connectivity index (χ1) is 10.5. The fraction of sp³-hybridized carbons (Fsp3) is 0.500. The lowest BCUT2D eigenvalue weighted by Crippen LogP contribution is -2.49. The molecule has 1 aliphatic heterocycles. The quantitative estimate of drug-likeness (QED) is 0.920. The highest BCUT2D eigenvalue weighted by Gasteiger charge is 2.36. The van der Waals surface area contributed by atoms with Gasteiger partial charge in [0.15, 0.2) is 6.10 Å². The van der Waals surface area contributed by atoms with Gasteiger partial charge in [-0.25, -0.2) is 0 Å². The summed E-state index contributed by atoms with van der Waals surface area (Å²) >= 11 is 5.97. The number of hydrogen-bond acceptors (Lipinski definition) is 3. The molecule has 0 aromatic heterocycles. The molecule has 1 fully saturated rings. The van der Waals surface area contributed by atoms with Gasteiger partial charge in [0.25, 0.3) is 5.91 Å². The van der Waals surface area contributed by atoms with Crippen LogP contribution in [-0.2, 0) is 16.0 Å². The molecule has 3 rings (SSSR count). The van der Waals surface area contributed by atoms with E-state index >= 15 is 0 Å². The highest BCUT2D eigenvalue weighted by atomic mass is 35.5. The lowest BCUT2D eigenvalue weighted by atomic mass is 10.1. The van der Waals surface area contributed by atoms with E-state index in [2.05, 4.69) is 0 Å². The Hall–Kier alpha value is -1.75. The molecule has 2 amide bonds. The summed E-state index contributed by atoms with van der Waals surface area (Å²) in [5.74, 6) is 0.0463. The molecular weight excluding hydrogens is 304 g/mol. The van der Waals surface area contributed by atoms with Crippen molar-refractivity contribution in [3.05, 3.63) is 28.8 Å². The molecule has 1 heterocycles. The van der Waals surface area contributed by atoms with E-state index in [0.717, 1.165) is 31.2 Å². The standard InChI is InChI=1S/C16H19ClN2O3/c17-11-5-6-13-10(7-11)8-14(22-13)16(21)19(9-15(18)20)12-3-1-2-4-12/h5-7,12,14H,1-4,8-9H2,(H2,18,20)/t14-/m0/s1. The molecule has 0 bridgehead atoms. The van der Waals surface area contributed by atoms with Crippen LogP contribution in [0.5, 0.6) is 5.75 Å². The van der Waals surface area contributed by atoms with Gasteiger partial charge in [-0.1, -0.05) is 24.4 Å². The summed E-state index contributed by atoms with van der Waals surface area (Å²) < 4.78 is 5.74. The second-order valence-corrected chi connectivity index (χ2v) is 6.37. The highest BCUT2D eigenvalue weighted by Crippen LogP contribution is 2.33. The fourth-order valence-electron chi connectivity index (χ4n) is 3.31. The van der Waals surface area contributed by atoms with E-state index < -0.39 is 12.0 Å². The van der Waals surface area contributed by atoms with Gasteiger partial charge >= 0.3 is 0 Å². The Kier molecular flexibility index (Phi) is 4.25. The number of carbonyl (C=O) groups is 2. The van der Waals surface area contributed by atoms with Crippen LogP contribution in [0.1, 0.15) is 31.2 Å². The lowest BCUT2D eigenvalue weighted by molar-refractivity contribution is -0.143. The van der Waals surface area contributed by atoms with E-state index in [-0.39, 0.29) is 18.5 Å². The van der Waals surface area contributed by atoms with Crippen LogP contribution in [-0.4, -0.2) is 35.4 Å². The van der Waals surface area contributed by atoms with Crippen molar-refractivity contribution in [2.45, 2.75) is 44.2 Å². The minimum atomic E-state index is -0.589. The number of hydrogen-bond donors (Lipinski definition) is 1. The number of nitrogens with two attached hydrogens (primary N) is 1. The Morgan fingerprint density at radius 1 is 1.32 bits per heavy atom. The molecule has 0 saturated heterocycles. The maximum Gasteiger partial charge on any atom is 0.264 e. The van der Waals surface area contributed by atoms with Gasteiger partial charge in [0, 0.05) is 17.5 Å². The molecular formula is C16H19ClN2O3. The first kappa shape index (κ1) is 15.2. The third kappa shape index (κ3) is 3.04. The van der Waals surface area contributed by atoms with E-state index in [1.54, 1.807) is 17.0 Å². The molecule has 2 N–H and O–H groups in total. The molecule has 1 saturated carbocycles. The molecule has 1 aliphatic carbocycles. The van der Waals surface area contributed by atoms with E-state index in [4.69, 9.17) is 22.1 Å². The monoisotopic (exact) mass is 322 g/mol. The van der Waals surface area contributed by atoms with Gasteiger partial charge in [0.05, 0.1) is 6.54 Å². The number of amides is 2. The van der Waals surface area contributed by atoms with Crippen LogP contribution in [0.15, 0.2) is 18.2 Å². The van der Waals surface area contributed by atoms with Crippen LogP contribution in [0.3, 0.4) is 0 Å². The van der Waals surface area contributed by atoms with Crippen molar-refractivity contribution >= 4 is 23.4 Å². The van der Waals surface area contributed by atoms with Crippen molar-refractivity contribution in [1.82, 2.24) is 4.90 Å². The fourth-order valence-corrected chi connectivity index (χ4v) is 3.51. The Morgan fingerprint density at radius 3 is 2.73 bits per heavy atom. The third-order valence-corrected chi connectivity index (χ3v) is 4.58. The summed E-state index contributed by atoms with van der Waals surface area (Å²) in [7, 11) is 0. The Labute approximate surface area is 134 Å². The zero-order valence-electron chi connectivity index (χ0n) is 12.3. The molecule has 1 aromatic carbocycles. The average Bonchev–Trinajstić information content (AvgIpc) is 3.12. The number of primary amides is 1. The number of nitrogens with zero attached hydrogens (tertiary/aromatic N) is 1. The summed E-state index contributed by atoms with van der Waals surface area (Å²) in [5.41, 5.74) is 6.24. The van der Waals surface area contributed by atoms with Crippen LogP contribution < -0.4 is 10.5 Å². The normalized spacial score (nSPS) is 20.5. The van der Waals surface area contributed by atoms with Gasteiger partial charge < -0.3 is 15.4 Å². The van der Waals surface area contributed by atoms with E-state index in [1.807, 2.05) is 6.07 Å². The molecule has 22 heavy (non-hydrogen) atoms. The second-order valence-electron chi connectivity index (χ2n) is 5.93. The molecule has 5 nitrogen and oxygen atoms in total. The van der Waals surface area contributed by atoms with Gasteiger partial charge in [-0.05, 0) is 36.6 Å². The Morgan fingerprint density at radius 2 is 2.05 bits per heavy atom. The summed E-state index contributed by atoms with van der Waals surface area (Å²) in [6.07, 6.45) is 3.89. The Bertz CT molecular complexity index is 599. The summed E-state index contributed by atoms with van der Waals surface area (Å²) in [6.45, 7) is -0.0412. The first-order valence-corrected chi connectivity index (χ1v) is 7.96. The number of rotatable bonds is 4. The summed E-state index contributed by atoms with van der Waals surface area (Å²) in [6, 6.07) is 5.43. The minimum absolute atomic E-state index is 0.0412.